The number of benzene rings is 1. The molecule has 0 saturated carbocycles. The number of nitrogens with one attached hydrogen (secondary N) is 1. The molecule has 0 unspecified atom stereocenters. The fraction of sp³-hybridized carbons (Fsp3) is 0.0714. The lowest BCUT2D eigenvalue weighted by atomic mass is 10.1. The number of aromatic nitrogens is 1. The van der Waals surface area contributed by atoms with Crippen molar-refractivity contribution in [2.75, 3.05) is 5.32 Å². The highest BCUT2D eigenvalue weighted by Crippen LogP contribution is 2.18. The minimum atomic E-state index is -1.17. The van der Waals surface area contributed by atoms with Crippen molar-refractivity contribution in [2.45, 2.75) is 6.42 Å². The van der Waals surface area contributed by atoms with Crippen LogP contribution in [-0.2, 0) is 9.59 Å². The first-order chi connectivity index (χ1) is 9.15. The molecule has 0 aliphatic heterocycles. The van der Waals surface area contributed by atoms with Crippen molar-refractivity contribution in [3.8, 4) is 11.1 Å². The van der Waals surface area contributed by atoms with Gasteiger partial charge in [0.1, 0.15) is 12.2 Å². The molecule has 1 amide bonds. The van der Waals surface area contributed by atoms with Crippen LogP contribution >= 0.6 is 0 Å². The van der Waals surface area contributed by atoms with Crippen molar-refractivity contribution in [1.29, 1.82) is 0 Å². The molecule has 1 aromatic heterocycles. The number of carboxylic acid groups (broad SMARTS) is 1. The monoisotopic (exact) mass is 256 g/mol. The molecule has 2 rings (SSSR count). The molecule has 0 saturated heterocycles. The Hall–Kier alpha value is -2.69. The van der Waals surface area contributed by atoms with Crippen LogP contribution in [0, 0.1) is 0 Å². The van der Waals surface area contributed by atoms with Crippen LogP contribution in [0.4, 0.5) is 5.82 Å². The van der Waals surface area contributed by atoms with Crippen LogP contribution in [-0.4, -0.2) is 22.0 Å². The summed E-state index contributed by atoms with van der Waals surface area (Å²) in [4.78, 5) is 25.7. The smallest absolute Gasteiger partial charge is 0.312 e. The van der Waals surface area contributed by atoms with Crippen molar-refractivity contribution in [2.24, 2.45) is 0 Å². The first-order valence-electron chi connectivity index (χ1n) is 5.68. The second kappa shape index (κ2) is 5.77. The van der Waals surface area contributed by atoms with Gasteiger partial charge >= 0.3 is 5.97 Å². The molecule has 19 heavy (non-hydrogen) atoms. The van der Waals surface area contributed by atoms with Crippen LogP contribution in [0.1, 0.15) is 6.42 Å². The van der Waals surface area contributed by atoms with Gasteiger partial charge in [-0.2, -0.15) is 0 Å². The Bertz CT molecular complexity index is 579. The third-order valence-corrected chi connectivity index (χ3v) is 2.45. The maximum Gasteiger partial charge on any atom is 0.312 e. The lowest BCUT2D eigenvalue weighted by Gasteiger charge is -2.04. The zero-order chi connectivity index (χ0) is 13.7. The molecule has 2 N–H and O–H groups in total. The largest absolute Gasteiger partial charge is 0.481 e. The summed E-state index contributed by atoms with van der Waals surface area (Å²) in [5.41, 5.74) is 1.95. The van der Waals surface area contributed by atoms with E-state index in [-0.39, 0.29) is 0 Å². The lowest BCUT2D eigenvalue weighted by molar-refractivity contribution is -0.139. The second-order valence-corrected chi connectivity index (χ2v) is 3.92. The van der Waals surface area contributed by atoms with E-state index in [1.54, 1.807) is 12.3 Å². The molecule has 0 bridgehead atoms. The van der Waals surface area contributed by atoms with Crippen molar-refractivity contribution in [1.82, 2.24) is 4.98 Å². The summed E-state index contributed by atoms with van der Waals surface area (Å²) < 4.78 is 0. The maximum atomic E-state index is 11.2. The Morgan fingerprint density at radius 2 is 1.79 bits per heavy atom. The van der Waals surface area contributed by atoms with Crippen LogP contribution in [0.25, 0.3) is 11.1 Å². The molecule has 2 aromatic rings. The highest BCUT2D eigenvalue weighted by atomic mass is 16.4. The van der Waals surface area contributed by atoms with Gasteiger partial charge in [-0.05, 0) is 17.7 Å². The Morgan fingerprint density at radius 1 is 1.05 bits per heavy atom. The summed E-state index contributed by atoms with van der Waals surface area (Å²) >= 11 is 0. The van der Waals surface area contributed by atoms with Crippen LogP contribution in [0.2, 0.25) is 0 Å². The van der Waals surface area contributed by atoms with E-state index in [1.807, 2.05) is 36.4 Å². The van der Waals surface area contributed by atoms with E-state index < -0.39 is 18.3 Å². The predicted octanol–water partition coefficient (Wildman–Crippen LogP) is 2.16. The minimum absolute atomic E-state index is 0.339. The Kier molecular flexibility index (Phi) is 3.87. The van der Waals surface area contributed by atoms with Gasteiger partial charge in [0.2, 0.25) is 5.91 Å². The van der Waals surface area contributed by atoms with Crippen molar-refractivity contribution >= 4 is 17.7 Å². The number of carbonyl (C=O) groups is 2. The zero-order valence-electron chi connectivity index (χ0n) is 10.0. The van der Waals surface area contributed by atoms with Gasteiger partial charge in [0.25, 0.3) is 0 Å². The quantitative estimate of drug-likeness (QED) is 0.821. The number of carbonyl (C=O) groups excluding carboxylic acids is 1. The third kappa shape index (κ3) is 3.64. The molecule has 5 heteroatoms. The molecule has 1 aromatic carbocycles. The third-order valence-electron chi connectivity index (χ3n) is 2.45. The van der Waals surface area contributed by atoms with Gasteiger partial charge in [-0.1, -0.05) is 30.3 Å². The van der Waals surface area contributed by atoms with E-state index in [0.717, 1.165) is 11.1 Å². The molecule has 96 valence electrons. The van der Waals surface area contributed by atoms with Gasteiger partial charge < -0.3 is 10.4 Å². The second-order valence-electron chi connectivity index (χ2n) is 3.92. The summed E-state index contributed by atoms with van der Waals surface area (Å²) in [5, 5.41) is 10.9. The zero-order valence-corrected chi connectivity index (χ0v) is 10.0. The van der Waals surface area contributed by atoms with E-state index in [9.17, 15) is 9.59 Å². The Morgan fingerprint density at radius 3 is 2.37 bits per heavy atom. The Labute approximate surface area is 109 Å². The van der Waals surface area contributed by atoms with Crippen molar-refractivity contribution < 1.29 is 14.7 Å². The fourth-order valence-electron chi connectivity index (χ4n) is 1.59. The summed E-state index contributed by atoms with van der Waals surface area (Å²) in [7, 11) is 0. The number of rotatable bonds is 4. The molecule has 0 radical (unpaired) electrons. The topological polar surface area (TPSA) is 79.3 Å². The first-order valence-corrected chi connectivity index (χ1v) is 5.68. The van der Waals surface area contributed by atoms with E-state index in [4.69, 9.17) is 5.11 Å². The van der Waals surface area contributed by atoms with Crippen LogP contribution in [0.3, 0.4) is 0 Å². The van der Waals surface area contributed by atoms with Gasteiger partial charge in [-0.15, -0.1) is 0 Å². The predicted molar refractivity (Wildman–Crippen MR) is 70.6 cm³/mol. The van der Waals surface area contributed by atoms with E-state index in [0.29, 0.717) is 5.82 Å². The molecule has 0 fully saturated rings. The number of pyridine rings is 1. The fourth-order valence-corrected chi connectivity index (χ4v) is 1.59. The number of anilines is 1. The molecular weight excluding hydrogens is 244 g/mol. The van der Waals surface area contributed by atoms with E-state index >= 15 is 0 Å². The van der Waals surface area contributed by atoms with Crippen molar-refractivity contribution in [3.63, 3.8) is 0 Å². The number of hydrogen-bond donors (Lipinski definition) is 2. The number of hydrogen-bond acceptors (Lipinski definition) is 3. The standard InChI is InChI=1S/C14H12N2O3/c17-13(8-14(18)19)16-12-7-6-11(9-15-12)10-4-2-1-3-5-10/h1-7,9H,8H2,(H,18,19)(H,15,16,17). The Balaban J connectivity index is 2.07. The number of amides is 1. The normalized spacial score (nSPS) is 9.89. The van der Waals surface area contributed by atoms with Gasteiger partial charge in [0.05, 0.1) is 0 Å². The summed E-state index contributed by atoms with van der Waals surface area (Å²) in [6, 6.07) is 13.2. The van der Waals surface area contributed by atoms with Gasteiger partial charge in [0.15, 0.2) is 0 Å². The van der Waals surface area contributed by atoms with E-state index in [2.05, 4.69) is 10.3 Å². The molecule has 0 spiro atoms. The maximum absolute atomic E-state index is 11.2. The molecule has 0 atom stereocenters. The van der Waals surface area contributed by atoms with Gasteiger partial charge in [0, 0.05) is 11.8 Å². The SMILES string of the molecule is O=C(O)CC(=O)Nc1ccc(-c2ccccc2)cn1. The van der Waals surface area contributed by atoms with Crippen LogP contribution < -0.4 is 5.32 Å². The minimum Gasteiger partial charge on any atom is -0.481 e. The van der Waals surface area contributed by atoms with Crippen molar-refractivity contribution in [3.05, 3.63) is 48.7 Å². The molecule has 1 heterocycles. The average molecular weight is 256 g/mol. The molecule has 0 aliphatic carbocycles. The van der Waals surface area contributed by atoms with Gasteiger partial charge in [-0.25, -0.2) is 4.98 Å². The summed E-state index contributed by atoms with van der Waals surface area (Å²) in [6.07, 6.45) is 1.06. The molecular formula is C14H12N2O3. The van der Waals surface area contributed by atoms with Crippen LogP contribution in [0.15, 0.2) is 48.7 Å². The molecule has 0 aliphatic rings. The molecule has 5 nitrogen and oxygen atoms in total. The van der Waals surface area contributed by atoms with Gasteiger partial charge in [-0.3, -0.25) is 9.59 Å². The van der Waals surface area contributed by atoms with E-state index in [1.165, 1.54) is 0 Å². The first kappa shape index (κ1) is 12.8. The summed E-state index contributed by atoms with van der Waals surface area (Å²) in [5.74, 6) is -1.42. The number of aliphatic carboxylic acids is 1. The number of carboxylic acids is 1. The highest BCUT2D eigenvalue weighted by molar-refractivity contribution is 6.00. The highest BCUT2D eigenvalue weighted by Gasteiger charge is 2.08. The lowest BCUT2D eigenvalue weighted by Crippen LogP contribution is -2.16. The average Bonchev–Trinajstić information content (AvgIpc) is 2.39. The summed E-state index contributed by atoms with van der Waals surface area (Å²) in [6.45, 7) is 0. The van der Waals surface area contributed by atoms with Crippen LogP contribution in [0.5, 0.6) is 0 Å². The number of nitrogens with zero attached hydrogens (tertiary/aromatic N) is 1.